The van der Waals surface area contributed by atoms with Crippen molar-refractivity contribution < 1.29 is 4.74 Å². The van der Waals surface area contributed by atoms with Crippen molar-refractivity contribution in [1.82, 2.24) is 25.1 Å². The number of aromatic nitrogens is 5. The van der Waals surface area contributed by atoms with Gasteiger partial charge in [0, 0.05) is 42.6 Å². The number of benzene rings is 2. The van der Waals surface area contributed by atoms with Gasteiger partial charge >= 0.3 is 0 Å². The van der Waals surface area contributed by atoms with E-state index in [1.54, 1.807) is 6.20 Å². The van der Waals surface area contributed by atoms with Crippen molar-refractivity contribution in [2.45, 2.75) is 6.42 Å². The van der Waals surface area contributed by atoms with Crippen LogP contribution in [-0.4, -0.2) is 51.5 Å². The van der Waals surface area contributed by atoms with E-state index in [1.807, 2.05) is 18.2 Å². The van der Waals surface area contributed by atoms with E-state index in [9.17, 15) is 0 Å². The molecule has 0 atom stereocenters. The van der Waals surface area contributed by atoms with E-state index in [0.717, 1.165) is 54.6 Å². The maximum Gasteiger partial charge on any atom is 0.227 e. The molecule has 1 aliphatic rings. The second-order valence-corrected chi connectivity index (χ2v) is 7.35. The van der Waals surface area contributed by atoms with Gasteiger partial charge in [-0.15, -0.1) is 0 Å². The maximum atomic E-state index is 5.43. The van der Waals surface area contributed by atoms with Crippen LogP contribution in [0.3, 0.4) is 0 Å². The molecule has 2 aromatic carbocycles. The van der Waals surface area contributed by atoms with Crippen molar-refractivity contribution in [3.05, 3.63) is 78.5 Å². The van der Waals surface area contributed by atoms with Gasteiger partial charge in [-0.3, -0.25) is 5.10 Å². The average molecular weight is 413 g/mol. The van der Waals surface area contributed by atoms with Crippen molar-refractivity contribution in [2.75, 3.05) is 36.5 Å². The van der Waals surface area contributed by atoms with Gasteiger partial charge in [0.15, 0.2) is 0 Å². The molecule has 0 saturated carbocycles. The van der Waals surface area contributed by atoms with Crippen LogP contribution < -0.4 is 10.2 Å². The highest BCUT2D eigenvalue weighted by Gasteiger charge is 2.11. The minimum absolute atomic E-state index is 0.567. The SMILES string of the molecule is c1cc(Cc2ncn[nH]2)cc(-c2ccnc(Nc3ccc(N4CCOCC4)cc3)n2)c1. The first-order chi connectivity index (χ1) is 15.3. The van der Waals surface area contributed by atoms with Gasteiger partial charge < -0.3 is 15.0 Å². The molecule has 3 heterocycles. The lowest BCUT2D eigenvalue weighted by Crippen LogP contribution is -2.36. The molecule has 1 saturated heterocycles. The van der Waals surface area contributed by atoms with E-state index in [2.05, 4.69) is 66.8 Å². The normalized spacial score (nSPS) is 13.9. The Morgan fingerprint density at radius 3 is 2.68 bits per heavy atom. The fourth-order valence-corrected chi connectivity index (χ4v) is 3.64. The van der Waals surface area contributed by atoms with Gasteiger partial charge in [0.2, 0.25) is 5.95 Å². The summed E-state index contributed by atoms with van der Waals surface area (Å²) in [4.78, 5) is 15.6. The number of nitrogens with one attached hydrogen (secondary N) is 2. The number of hydrogen-bond donors (Lipinski definition) is 2. The summed E-state index contributed by atoms with van der Waals surface area (Å²) in [5.74, 6) is 1.40. The highest BCUT2D eigenvalue weighted by molar-refractivity contribution is 5.64. The van der Waals surface area contributed by atoms with Gasteiger partial charge in [0.1, 0.15) is 12.2 Å². The fourth-order valence-electron chi connectivity index (χ4n) is 3.64. The lowest BCUT2D eigenvalue weighted by Gasteiger charge is -2.28. The molecule has 8 nitrogen and oxygen atoms in total. The van der Waals surface area contributed by atoms with Crippen LogP contribution in [0.25, 0.3) is 11.3 Å². The average Bonchev–Trinajstić information content (AvgIpc) is 3.34. The minimum atomic E-state index is 0.567. The largest absolute Gasteiger partial charge is 0.378 e. The van der Waals surface area contributed by atoms with E-state index >= 15 is 0 Å². The second kappa shape index (κ2) is 8.93. The summed E-state index contributed by atoms with van der Waals surface area (Å²) in [6.45, 7) is 3.40. The first-order valence-corrected chi connectivity index (χ1v) is 10.3. The van der Waals surface area contributed by atoms with Crippen molar-refractivity contribution in [3.8, 4) is 11.3 Å². The Bertz CT molecular complexity index is 1120. The molecule has 1 fully saturated rings. The molecule has 0 bridgehead atoms. The van der Waals surface area contributed by atoms with E-state index in [-0.39, 0.29) is 0 Å². The van der Waals surface area contributed by atoms with Gasteiger partial charge in [-0.25, -0.2) is 15.0 Å². The zero-order valence-electron chi connectivity index (χ0n) is 17.0. The number of rotatable bonds is 6. The molecule has 4 aromatic rings. The van der Waals surface area contributed by atoms with Crippen LogP contribution >= 0.6 is 0 Å². The Labute approximate surface area is 180 Å². The molecule has 0 unspecified atom stereocenters. The Kier molecular flexibility index (Phi) is 5.53. The summed E-state index contributed by atoms with van der Waals surface area (Å²) in [5, 5.41) is 10.1. The number of ether oxygens (including phenoxy) is 1. The summed E-state index contributed by atoms with van der Waals surface area (Å²) in [6.07, 6.45) is 3.99. The molecule has 156 valence electrons. The third-order valence-corrected chi connectivity index (χ3v) is 5.21. The quantitative estimate of drug-likeness (QED) is 0.500. The molecule has 1 aliphatic heterocycles. The van der Waals surface area contributed by atoms with Crippen LogP contribution in [-0.2, 0) is 11.2 Å². The standard InChI is InChI=1S/C23H23N7O/c1-2-17(15-22-25-16-26-29-22)14-18(3-1)21-8-9-24-23(28-21)27-19-4-6-20(7-5-19)30-10-12-31-13-11-30/h1-9,14,16H,10-13,15H2,(H,24,27,28)(H,25,26,29). The smallest absolute Gasteiger partial charge is 0.227 e. The maximum absolute atomic E-state index is 5.43. The monoisotopic (exact) mass is 413 g/mol. The molecule has 0 amide bonds. The van der Waals surface area contributed by atoms with E-state index in [4.69, 9.17) is 9.72 Å². The van der Waals surface area contributed by atoms with Gasteiger partial charge in [-0.1, -0.05) is 18.2 Å². The van der Waals surface area contributed by atoms with Crippen LogP contribution in [0.2, 0.25) is 0 Å². The van der Waals surface area contributed by atoms with E-state index < -0.39 is 0 Å². The first-order valence-electron chi connectivity index (χ1n) is 10.3. The summed E-state index contributed by atoms with van der Waals surface area (Å²) >= 11 is 0. The minimum Gasteiger partial charge on any atom is -0.378 e. The lowest BCUT2D eigenvalue weighted by atomic mass is 10.1. The topological polar surface area (TPSA) is 91.8 Å². The van der Waals surface area contributed by atoms with Crippen molar-refractivity contribution in [1.29, 1.82) is 0 Å². The zero-order chi connectivity index (χ0) is 20.9. The summed E-state index contributed by atoms with van der Waals surface area (Å²) in [6, 6.07) is 18.5. The van der Waals surface area contributed by atoms with Crippen LogP contribution in [0, 0.1) is 0 Å². The first kappa shape index (κ1) is 19.2. The fraction of sp³-hybridized carbons (Fsp3) is 0.217. The molecular weight excluding hydrogens is 390 g/mol. The van der Waals surface area contributed by atoms with Crippen molar-refractivity contribution >= 4 is 17.3 Å². The molecular formula is C23H23N7O. The third kappa shape index (κ3) is 4.70. The van der Waals surface area contributed by atoms with Crippen LogP contribution in [0.15, 0.2) is 67.1 Å². The molecule has 2 N–H and O–H groups in total. The Hall–Kier alpha value is -3.78. The van der Waals surface area contributed by atoms with Gasteiger partial charge in [-0.05, 0) is 42.0 Å². The second-order valence-electron chi connectivity index (χ2n) is 7.35. The number of anilines is 3. The molecule has 0 spiro atoms. The zero-order valence-corrected chi connectivity index (χ0v) is 17.0. The number of hydrogen-bond acceptors (Lipinski definition) is 7. The summed E-state index contributed by atoms with van der Waals surface area (Å²) in [7, 11) is 0. The summed E-state index contributed by atoms with van der Waals surface area (Å²) < 4.78 is 5.43. The van der Waals surface area contributed by atoms with Crippen LogP contribution in [0.4, 0.5) is 17.3 Å². The number of morpholine rings is 1. The molecule has 8 heteroatoms. The Balaban J connectivity index is 1.30. The molecule has 2 aromatic heterocycles. The lowest BCUT2D eigenvalue weighted by molar-refractivity contribution is 0.122. The molecule has 5 rings (SSSR count). The van der Waals surface area contributed by atoms with Crippen molar-refractivity contribution in [2.24, 2.45) is 0 Å². The number of H-pyrrole nitrogens is 1. The van der Waals surface area contributed by atoms with Gasteiger partial charge in [0.05, 0.1) is 18.9 Å². The summed E-state index contributed by atoms with van der Waals surface area (Å²) in [5.41, 5.74) is 5.19. The molecule has 0 aliphatic carbocycles. The molecule has 31 heavy (non-hydrogen) atoms. The predicted octanol–water partition coefficient (Wildman–Crippen LogP) is 3.43. The van der Waals surface area contributed by atoms with Crippen LogP contribution in [0.5, 0.6) is 0 Å². The van der Waals surface area contributed by atoms with Crippen molar-refractivity contribution in [3.63, 3.8) is 0 Å². The van der Waals surface area contributed by atoms with Crippen LogP contribution in [0.1, 0.15) is 11.4 Å². The Morgan fingerprint density at radius 1 is 1.00 bits per heavy atom. The van der Waals surface area contributed by atoms with Gasteiger partial charge in [-0.2, -0.15) is 5.10 Å². The highest BCUT2D eigenvalue weighted by Crippen LogP contribution is 2.23. The third-order valence-electron chi connectivity index (χ3n) is 5.21. The Morgan fingerprint density at radius 2 is 1.87 bits per heavy atom. The number of nitrogens with zero attached hydrogens (tertiary/aromatic N) is 5. The molecule has 0 radical (unpaired) electrons. The predicted molar refractivity (Wildman–Crippen MR) is 119 cm³/mol. The number of aromatic amines is 1. The van der Waals surface area contributed by atoms with E-state index in [0.29, 0.717) is 12.4 Å². The van der Waals surface area contributed by atoms with Gasteiger partial charge in [0.25, 0.3) is 0 Å². The highest BCUT2D eigenvalue weighted by atomic mass is 16.5. The van der Waals surface area contributed by atoms with E-state index in [1.165, 1.54) is 12.0 Å².